The van der Waals surface area contributed by atoms with Crippen LogP contribution in [0, 0.1) is 0 Å². The molecule has 0 unspecified atom stereocenters. The van der Waals surface area contributed by atoms with Crippen LogP contribution in [-0.2, 0) is 0 Å². The average Bonchev–Trinajstić information content (AvgIpc) is 3.27. The predicted octanol–water partition coefficient (Wildman–Crippen LogP) is 2.76. The molecule has 0 fully saturated rings. The van der Waals surface area contributed by atoms with Gasteiger partial charge in [0.1, 0.15) is 5.65 Å². The minimum absolute atomic E-state index is 0.395. The lowest BCUT2D eigenvalue weighted by Gasteiger charge is -2.14. The predicted molar refractivity (Wildman–Crippen MR) is 113 cm³/mol. The number of nitrogens with two attached hydrogens (primary N) is 1. The van der Waals surface area contributed by atoms with E-state index in [0.717, 1.165) is 5.56 Å². The Morgan fingerprint density at radius 2 is 1.87 bits per heavy atom. The van der Waals surface area contributed by atoms with Crippen LogP contribution < -0.4 is 26.1 Å². The third-order valence-corrected chi connectivity index (χ3v) is 4.62. The number of imidazole rings is 1. The number of hydrogen-bond acceptors (Lipinski definition) is 7. The molecule has 2 aromatic carbocycles. The van der Waals surface area contributed by atoms with Crippen LogP contribution in [0.1, 0.15) is 10.4 Å². The van der Waals surface area contributed by atoms with Crippen LogP contribution in [0.25, 0.3) is 16.9 Å². The van der Waals surface area contributed by atoms with Gasteiger partial charge in [-0.1, -0.05) is 12.1 Å². The molecular weight excluding hydrogens is 384 g/mol. The highest BCUT2D eigenvalue weighted by Crippen LogP contribution is 2.33. The molecule has 0 atom stereocenters. The van der Waals surface area contributed by atoms with Gasteiger partial charge in [0.05, 0.1) is 31.2 Å². The normalized spacial score (nSPS) is 10.6. The zero-order chi connectivity index (χ0) is 21.1. The summed E-state index contributed by atoms with van der Waals surface area (Å²) in [6, 6.07) is 14.5. The number of rotatable bonds is 6. The van der Waals surface area contributed by atoms with Gasteiger partial charge in [-0.15, -0.1) is 0 Å². The first-order valence-electron chi connectivity index (χ1n) is 9.08. The van der Waals surface area contributed by atoms with Gasteiger partial charge in [0, 0.05) is 24.0 Å². The van der Waals surface area contributed by atoms with Crippen LogP contribution in [0.5, 0.6) is 11.5 Å². The molecule has 9 nitrogen and oxygen atoms in total. The largest absolute Gasteiger partial charge is 0.493 e. The standard InChI is InChI=1S/C21H20N6O3/c1-29-17-8-7-13(11-18(17)30-2)16-12-19-23-9-10-27(19)21(25-16)24-15-6-4-3-5-14(15)20(28)26-22/h3-12H,22H2,1-2H3,(H,24,25)(H,26,28). The van der Waals surface area contributed by atoms with Gasteiger partial charge in [-0.2, -0.15) is 0 Å². The zero-order valence-corrected chi connectivity index (χ0v) is 16.4. The number of amides is 1. The summed E-state index contributed by atoms with van der Waals surface area (Å²) in [4.78, 5) is 21.2. The maximum Gasteiger partial charge on any atom is 0.267 e. The molecule has 0 bridgehead atoms. The molecule has 9 heteroatoms. The molecule has 0 aliphatic heterocycles. The van der Waals surface area contributed by atoms with Crippen molar-refractivity contribution >= 4 is 23.2 Å². The lowest BCUT2D eigenvalue weighted by Crippen LogP contribution is -2.30. The molecule has 2 heterocycles. The number of hydrazine groups is 1. The molecule has 152 valence electrons. The number of ether oxygens (including phenoxy) is 2. The van der Waals surface area contributed by atoms with Gasteiger partial charge in [0.2, 0.25) is 5.95 Å². The molecule has 4 rings (SSSR count). The van der Waals surface area contributed by atoms with Crippen molar-refractivity contribution in [2.24, 2.45) is 5.84 Å². The van der Waals surface area contributed by atoms with Gasteiger partial charge < -0.3 is 14.8 Å². The van der Waals surface area contributed by atoms with Gasteiger partial charge in [0.15, 0.2) is 11.5 Å². The van der Waals surface area contributed by atoms with Crippen molar-refractivity contribution in [3.05, 3.63) is 66.5 Å². The highest BCUT2D eigenvalue weighted by Gasteiger charge is 2.14. The van der Waals surface area contributed by atoms with Crippen LogP contribution in [0.15, 0.2) is 60.9 Å². The van der Waals surface area contributed by atoms with Crippen molar-refractivity contribution in [2.45, 2.75) is 0 Å². The van der Waals surface area contributed by atoms with E-state index >= 15 is 0 Å². The fraction of sp³-hybridized carbons (Fsp3) is 0.0952. The van der Waals surface area contributed by atoms with E-state index in [1.807, 2.05) is 30.3 Å². The number of para-hydroxylation sites is 1. The molecule has 0 spiro atoms. The lowest BCUT2D eigenvalue weighted by molar-refractivity contribution is 0.0954. The minimum Gasteiger partial charge on any atom is -0.493 e. The van der Waals surface area contributed by atoms with E-state index in [1.54, 1.807) is 49.2 Å². The van der Waals surface area contributed by atoms with Crippen molar-refractivity contribution in [1.29, 1.82) is 0 Å². The van der Waals surface area contributed by atoms with Gasteiger partial charge in [0.25, 0.3) is 5.91 Å². The van der Waals surface area contributed by atoms with E-state index in [4.69, 9.17) is 20.3 Å². The van der Waals surface area contributed by atoms with Crippen LogP contribution >= 0.6 is 0 Å². The van der Waals surface area contributed by atoms with Crippen LogP contribution in [0.4, 0.5) is 11.6 Å². The first-order chi connectivity index (χ1) is 14.6. The number of carbonyl (C=O) groups excluding carboxylic acids is 1. The van der Waals surface area contributed by atoms with Gasteiger partial charge in [-0.25, -0.2) is 15.8 Å². The van der Waals surface area contributed by atoms with E-state index < -0.39 is 5.91 Å². The Hall–Kier alpha value is -4.11. The van der Waals surface area contributed by atoms with Crippen LogP contribution in [0.3, 0.4) is 0 Å². The van der Waals surface area contributed by atoms with E-state index in [2.05, 4.69) is 15.7 Å². The van der Waals surface area contributed by atoms with Crippen molar-refractivity contribution in [2.75, 3.05) is 19.5 Å². The summed E-state index contributed by atoms with van der Waals surface area (Å²) in [6.45, 7) is 0. The Morgan fingerprint density at radius 1 is 1.07 bits per heavy atom. The topological polar surface area (TPSA) is 116 Å². The summed E-state index contributed by atoms with van der Waals surface area (Å²) in [5, 5.41) is 3.22. The van der Waals surface area contributed by atoms with Gasteiger partial charge >= 0.3 is 0 Å². The number of benzene rings is 2. The quantitative estimate of drug-likeness (QED) is 0.257. The average molecular weight is 404 g/mol. The second kappa shape index (κ2) is 8.10. The lowest BCUT2D eigenvalue weighted by atomic mass is 10.1. The van der Waals surface area contributed by atoms with E-state index in [0.29, 0.717) is 40.0 Å². The Bertz CT molecular complexity index is 1220. The smallest absolute Gasteiger partial charge is 0.267 e. The molecule has 0 saturated carbocycles. The fourth-order valence-electron chi connectivity index (χ4n) is 3.14. The Balaban J connectivity index is 1.81. The van der Waals surface area contributed by atoms with Crippen LogP contribution in [-0.4, -0.2) is 34.5 Å². The highest BCUT2D eigenvalue weighted by molar-refractivity contribution is 5.99. The maximum absolute atomic E-state index is 12.1. The number of anilines is 2. The number of carbonyl (C=O) groups is 1. The second-order valence-corrected chi connectivity index (χ2v) is 6.33. The first kappa shape index (κ1) is 19.2. The molecule has 0 aliphatic carbocycles. The van der Waals surface area contributed by atoms with Crippen LogP contribution in [0.2, 0.25) is 0 Å². The number of fused-ring (bicyclic) bond motifs is 1. The van der Waals surface area contributed by atoms with E-state index in [9.17, 15) is 4.79 Å². The summed E-state index contributed by atoms with van der Waals surface area (Å²) < 4.78 is 12.5. The Kier molecular flexibility index (Phi) is 5.19. The first-order valence-corrected chi connectivity index (χ1v) is 9.08. The minimum atomic E-state index is -0.406. The van der Waals surface area contributed by atoms with Crippen molar-refractivity contribution in [1.82, 2.24) is 19.8 Å². The van der Waals surface area contributed by atoms with Gasteiger partial charge in [-0.05, 0) is 30.3 Å². The zero-order valence-electron chi connectivity index (χ0n) is 16.4. The van der Waals surface area contributed by atoms with E-state index in [1.165, 1.54) is 0 Å². The highest BCUT2D eigenvalue weighted by atomic mass is 16.5. The maximum atomic E-state index is 12.1. The number of aromatic nitrogens is 3. The molecule has 1 amide bonds. The Morgan fingerprint density at radius 3 is 2.63 bits per heavy atom. The summed E-state index contributed by atoms with van der Waals surface area (Å²) in [5.41, 5.74) is 5.31. The fourth-order valence-corrected chi connectivity index (χ4v) is 3.14. The molecule has 4 N–H and O–H groups in total. The summed E-state index contributed by atoms with van der Waals surface area (Å²) in [6.07, 6.45) is 3.47. The third-order valence-electron chi connectivity index (χ3n) is 4.62. The van der Waals surface area contributed by atoms with Crippen molar-refractivity contribution in [3.63, 3.8) is 0 Å². The van der Waals surface area contributed by atoms with E-state index in [-0.39, 0.29) is 0 Å². The Labute approximate surface area is 172 Å². The molecule has 2 aromatic heterocycles. The number of nitrogens with zero attached hydrogens (tertiary/aromatic N) is 3. The SMILES string of the molecule is COc1ccc(-c2cc3nccn3c(Nc3ccccc3C(=O)NN)n2)cc1OC. The third kappa shape index (κ3) is 3.49. The number of nitrogens with one attached hydrogen (secondary N) is 2. The molecule has 4 aromatic rings. The summed E-state index contributed by atoms with van der Waals surface area (Å²) in [5.74, 6) is 6.62. The molecule has 0 saturated heterocycles. The molecule has 0 aliphatic rings. The van der Waals surface area contributed by atoms with Gasteiger partial charge in [-0.3, -0.25) is 14.6 Å². The van der Waals surface area contributed by atoms with Crippen molar-refractivity contribution in [3.8, 4) is 22.8 Å². The summed E-state index contributed by atoms with van der Waals surface area (Å²) >= 11 is 0. The number of nitrogen functional groups attached to an aromatic ring is 1. The monoisotopic (exact) mass is 404 g/mol. The number of methoxy groups -OCH3 is 2. The molecule has 0 radical (unpaired) electrons. The van der Waals surface area contributed by atoms with Crippen molar-refractivity contribution < 1.29 is 14.3 Å². The molecule has 30 heavy (non-hydrogen) atoms. The second-order valence-electron chi connectivity index (χ2n) is 6.33. The molecular formula is C21H20N6O3. The number of hydrogen-bond donors (Lipinski definition) is 3. The summed E-state index contributed by atoms with van der Waals surface area (Å²) in [7, 11) is 3.17.